The fourth-order valence-corrected chi connectivity index (χ4v) is 0.682. The van der Waals surface area contributed by atoms with Gasteiger partial charge in [-0.15, -0.1) is 0 Å². The number of alkyl halides is 3. The molecule has 0 heterocycles. The average molecular weight is 200 g/mol. The van der Waals surface area contributed by atoms with Gasteiger partial charge in [-0.2, -0.15) is 17.6 Å². The smallest absolute Gasteiger partial charge is 0.425 e. The maximum absolute atomic E-state index is 12.2. The first-order valence-corrected chi connectivity index (χ1v) is 3.12. The molecular weight excluding hydrogens is 192 g/mol. The maximum Gasteiger partial charge on any atom is 0.425 e. The lowest BCUT2D eigenvalue weighted by Crippen LogP contribution is -2.25. The zero-order valence-electron chi connectivity index (χ0n) is 6.92. The van der Waals surface area contributed by atoms with Crippen LogP contribution in [0.2, 0.25) is 0 Å². The molecule has 0 spiro atoms. The van der Waals surface area contributed by atoms with Crippen LogP contribution in [-0.4, -0.2) is 26.3 Å². The first-order valence-electron chi connectivity index (χ1n) is 3.12. The number of allylic oxidation sites excluding steroid dienone is 1. The van der Waals surface area contributed by atoms with E-state index in [2.05, 4.69) is 4.74 Å². The molecule has 0 aromatic carbocycles. The first-order chi connectivity index (χ1) is 5.84. The van der Waals surface area contributed by atoms with E-state index in [0.29, 0.717) is 0 Å². The average Bonchev–Trinajstić information content (AvgIpc) is 1.96. The minimum atomic E-state index is -4.94. The maximum atomic E-state index is 12.2. The molecule has 76 valence electrons. The molecule has 0 rings (SSSR count). The largest absolute Gasteiger partial charge is 0.482 e. The number of hydrogen-bond acceptors (Lipinski definition) is 3. The minimum Gasteiger partial charge on any atom is -0.482 e. The third-order valence-electron chi connectivity index (χ3n) is 1.16. The Hall–Kier alpha value is -1.27. The minimum absolute atomic E-state index is 0.819. The second-order valence-corrected chi connectivity index (χ2v) is 1.97. The summed E-state index contributed by atoms with van der Waals surface area (Å²) in [6, 6.07) is 0. The Morgan fingerprint density at radius 3 is 1.92 bits per heavy atom. The van der Waals surface area contributed by atoms with Gasteiger partial charge in [0.1, 0.15) is 0 Å². The summed E-state index contributed by atoms with van der Waals surface area (Å²) >= 11 is 0. The molecule has 3 nitrogen and oxygen atoms in total. The van der Waals surface area contributed by atoms with Crippen molar-refractivity contribution in [2.75, 3.05) is 14.2 Å². The molecule has 0 aromatic rings. The van der Waals surface area contributed by atoms with Gasteiger partial charge in [0.05, 0.1) is 7.11 Å². The number of halogens is 4. The van der Waals surface area contributed by atoms with Gasteiger partial charge in [0, 0.05) is 7.05 Å². The summed E-state index contributed by atoms with van der Waals surface area (Å²) in [4.78, 5) is 0. The van der Waals surface area contributed by atoms with Crippen molar-refractivity contribution in [2.24, 2.45) is 0 Å². The fourth-order valence-electron chi connectivity index (χ4n) is 0.682. The molecule has 7 heteroatoms. The molecule has 0 saturated heterocycles. The van der Waals surface area contributed by atoms with E-state index >= 15 is 0 Å². The van der Waals surface area contributed by atoms with Crippen LogP contribution in [0.3, 0.4) is 0 Å². The third-order valence-corrected chi connectivity index (χ3v) is 1.16. The zero-order chi connectivity index (χ0) is 10.6. The molecule has 0 aliphatic rings. The highest BCUT2D eigenvalue weighted by atomic mass is 19.4. The summed E-state index contributed by atoms with van der Waals surface area (Å²) in [5, 5.41) is 8.28. The predicted molar refractivity (Wildman–Crippen MR) is 38.0 cm³/mol. The topological polar surface area (TPSA) is 45.1 Å². The molecular formula is C6H8F4N2O. The quantitative estimate of drug-likeness (QED) is 0.412. The molecule has 0 bridgehead atoms. The van der Waals surface area contributed by atoms with E-state index in [1.54, 1.807) is 0 Å². The lowest BCUT2D eigenvalue weighted by atomic mass is 10.2. The van der Waals surface area contributed by atoms with Crippen LogP contribution in [0.1, 0.15) is 0 Å². The van der Waals surface area contributed by atoms with Gasteiger partial charge >= 0.3 is 6.18 Å². The van der Waals surface area contributed by atoms with Crippen molar-refractivity contribution < 1.29 is 22.3 Å². The highest BCUT2D eigenvalue weighted by Crippen LogP contribution is 2.28. The van der Waals surface area contributed by atoms with Gasteiger partial charge in [0.2, 0.25) is 11.8 Å². The molecule has 0 saturated carbocycles. The van der Waals surface area contributed by atoms with Gasteiger partial charge in [-0.3, -0.25) is 5.41 Å². The van der Waals surface area contributed by atoms with Crippen molar-refractivity contribution in [2.45, 2.75) is 6.18 Å². The van der Waals surface area contributed by atoms with E-state index in [1.807, 2.05) is 5.32 Å². The van der Waals surface area contributed by atoms with Crippen LogP contribution in [0.4, 0.5) is 17.6 Å². The Morgan fingerprint density at radius 1 is 1.38 bits per heavy atom. The van der Waals surface area contributed by atoms with E-state index in [0.717, 1.165) is 14.2 Å². The molecule has 0 unspecified atom stereocenters. The van der Waals surface area contributed by atoms with Crippen molar-refractivity contribution in [3.8, 4) is 0 Å². The molecule has 0 aromatic heterocycles. The lowest BCUT2D eigenvalue weighted by molar-refractivity contribution is -0.0904. The summed E-state index contributed by atoms with van der Waals surface area (Å²) in [7, 11) is 2.08. The van der Waals surface area contributed by atoms with Crippen molar-refractivity contribution in [3.63, 3.8) is 0 Å². The molecule has 13 heavy (non-hydrogen) atoms. The standard InChI is InChI=1S/C6H8F4N2O/c1-12-5(13-2)3(4(7)11)6(8,9)10/h11-12H,1-2H3/b5-3-,11-4?. The van der Waals surface area contributed by atoms with Gasteiger partial charge < -0.3 is 10.1 Å². The van der Waals surface area contributed by atoms with Gasteiger partial charge in [0.15, 0.2) is 5.57 Å². The van der Waals surface area contributed by atoms with Crippen LogP contribution in [-0.2, 0) is 4.74 Å². The predicted octanol–water partition coefficient (Wildman–Crippen LogP) is 1.57. The summed E-state index contributed by atoms with van der Waals surface area (Å²) in [6.45, 7) is 0. The van der Waals surface area contributed by atoms with Crippen molar-refractivity contribution in [1.82, 2.24) is 5.32 Å². The van der Waals surface area contributed by atoms with Gasteiger partial charge in [-0.25, -0.2) is 0 Å². The Labute approximate surface area is 71.9 Å². The lowest BCUT2D eigenvalue weighted by Gasteiger charge is -2.13. The van der Waals surface area contributed by atoms with E-state index in [9.17, 15) is 17.6 Å². The van der Waals surface area contributed by atoms with Gasteiger partial charge in [-0.05, 0) is 0 Å². The van der Waals surface area contributed by atoms with E-state index in [-0.39, 0.29) is 0 Å². The molecule has 0 aliphatic carbocycles. The summed E-state index contributed by atoms with van der Waals surface area (Å²) in [6.07, 6.45) is -4.94. The van der Waals surface area contributed by atoms with Crippen molar-refractivity contribution >= 4 is 5.97 Å². The van der Waals surface area contributed by atoms with Crippen LogP contribution < -0.4 is 5.32 Å². The second-order valence-electron chi connectivity index (χ2n) is 1.97. The Morgan fingerprint density at radius 2 is 1.85 bits per heavy atom. The summed E-state index contributed by atoms with van der Waals surface area (Å²) in [5.41, 5.74) is -1.75. The normalized spacial score (nSPS) is 13.4. The fraction of sp³-hybridized carbons (Fsp3) is 0.500. The van der Waals surface area contributed by atoms with Crippen molar-refractivity contribution in [3.05, 3.63) is 11.5 Å². The highest BCUT2D eigenvalue weighted by Gasteiger charge is 2.41. The zero-order valence-corrected chi connectivity index (χ0v) is 6.92. The molecule has 0 aliphatic heterocycles. The Bertz CT molecular complexity index is 227. The van der Waals surface area contributed by atoms with Gasteiger partial charge in [0.25, 0.3) is 0 Å². The highest BCUT2D eigenvalue weighted by molar-refractivity contribution is 5.91. The SMILES string of the molecule is CN/C(OC)=C(\C(=N)F)C(F)(F)F. The van der Waals surface area contributed by atoms with E-state index < -0.39 is 23.6 Å². The van der Waals surface area contributed by atoms with Crippen LogP contribution in [0, 0.1) is 5.41 Å². The van der Waals surface area contributed by atoms with Crippen LogP contribution in [0.5, 0.6) is 0 Å². The van der Waals surface area contributed by atoms with Crippen LogP contribution >= 0.6 is 0 Å². The number of ether oxygens (including phenoxy) is 1. The second kappa shape index (κ2) is 4.11. The first kappa shape index (κ1) is 11.7. The van der Waals surface area contributed by atoms with Crippen LogP contribution in [0.15, 0.2) is 11.5 Å². The van der Waals surface area contributed by atoms with Gasteiger partial charge in [-0.1, -0.05) is 0 Å². The van der Waals surface area contributed by atoms with Crippen LogP contribution in [0.25, 0.3) is 0 Å². The number of nitrogens with one attached hydrogen (secondary N) is 2. The van der Waals surface area contributed by atoms with E-state index in [1.165, 1.54) is 0 Å². The summed E-state index contributed by atoms with van der Waals surface area (Å²) < 4.78 is 52.5. The Balaban J connectivity index is 5.22. The number of hydrogen-bond donors (Lipinski definition) is 2. The molecule has 0 atom stereocenters. The molecule has 0 radical (unpaired) electrons. The Kier molecular flexibility index (Phi) is 3.70. The number of rotatable bonds is 3. The molecule has 0 fully saturated rings. The number of methoxy groups -OCH3 is 1. The molecule has 2 N–H and O–H groups in total. The van der Waals surface area contributed by atoms with E-state index in [4.69, 9.17) is 5.41 Å². The monoisotopic (exact) mass is 200 g/mol. The van der Waals surface area contributed by atoms with Crippen molar-refractivity contribution in [1.29, 1.82) is 5.41 Å². The molecule has 0 amide bonds. The summed E-state index contributed by atoms with van der Waals surface area (Å²) in [5.74, 6) is -2.90. The third kappa shape index (κ3) is 2.92.